The molecule has 0 amide bonds. The van der Waals surface area contributed by atoms with Crippen molar-refractivity contribution < 1.29 is 28.5 Å². The number of carbonyl (C=O) groups is 2. The number of carbonyl (C=O) groups excluding carboxylic acids is 2. The van der Waals surface area contributed by atoms with Gasteiger partial charge in [0.15, 0.2) is 17.3 Å². The van der Waals surface area contributed by atoms with E-state index < -0.39 is 5.97 Å². The van der Waals surface area contributed by atoms with Crippen molar-refractivity contribution in [3.05, 3.63) is 88.5 Å². The first-order chi connectivity index (χ1) is 15.5. The van der Waals surface area contributed by atoms with E-state index in [-0.39, 0.29) is 17.1 Å². The quantitative estimate of drug-likeness (QED) is 0.195. The van der Waals surface area contributed by atoms with Crippen LogP contribution in [0, 0.1) is 0 Å². The minimum Gasteiger partial charge on any atom is -0.496 e. The zero-order valence-corrected chi connectivity index (χ0v) is 18.5. The molecule has 3 aromatic carbocycles. The summed E-state index contributed by atoms with van der Waals surface area (Å²) in [5.74, 6) is 0.375. The first-order valence-electron chi connectivity index (χ1n) is 9.56. The van der Waals surface area contributed by atoms with Gasteiger partial charge < -0.3 is 18.9 Å². The Morgan fingerprint density at radius 1 is 0.781 bits per heavy atom. The molecule has 6 nitrogen and oxygen atoms in total. The SMILES string of the molecule is COc1cc(/C=C/C(=O)c2ccc(Cl)cc2)ccc1OC(=O)c1c(OC)cccc1OC. The van der Waals surface area contributed by atoms with Gasteiger partial charge in [0.25, 0.3) is 0 Å². The molecule has 164 valence electrons. The maximum Gasteiger partial charge on any atom is 0.351 e. The topological polar surface area (TPSA) is 71.1 Å². The van der Waals surface area contributed by atoms with E-state index in [1.165, 1.54) is 27.4 Å². The molecule has 0 atom stereocenters. The number of allylic oxidation sites excluding steroid dienone is 1. The van der Waals surface area contributed by atoms with Gasteiger partial charge in [0, 0.05) is 10.6 Å². The van der Waals surface area contributed by atoms with Crippen LogP contribution in [-0.4, -0.2) is 33.1 Å². The molecule has 0 aromatic heterocycles. The number of halogens is 1. The molecule has 0 spiro atoms. The second-order valence-corrected chi connectivity index (χ2v) is 6.98. The van der Waals surface area contributed by atoms with Crippen LogP contribution < -0.4 is 18.9 Å². The van der Waals surface area contributed by atoms with Gasteiger partial charge in [0.05, 0.1) is 21.3 Å². The fourth-order valence-electron chi connectivity index (χ4n) is 2.96. The third-order valence-electron chi connectivity index (χ3n) is 4.58. The Morgan fingerprint density at radius 2 is 1.41 bits per heavy atom. The smallest absolute Gasteiger partial charge is 0.351 e. The summed E-state index contributed by atoms with van der Waals surface area (Å²) in [4.78, 5) is 25.1. The van der Waals surface area contributed by atoms with E-state index >= 15 is 0 Å². The largest absolute Gasteiger partial charge is 0.496 e. The van der Waals surface area contributed by atoms with Crippen molar-refractivity contribution >= 4 is 29.4 Å². The molecule has 0 fully saturated rings. The van der Waals surface area contributed by atoms with Gasteiger partial charge >= 0.3 is 5.97 Å². The highest BCUT2D eigenvalue weighted by Gasteiger charge is 2.21. The van der Waals surface area contributed by atoms with E-state index in [1.807, 2.05) is 0 Å². The lowest BCUT2D eigenvalue weighted by Gasteiger charge is -2.14. The van der Waals surface area contributed by atoms with Crippen LogP contribution in [0.2, 0.25) is 5.02 Å². The molecular formula is C25H21ClO6. The zero-order chi connectivity index (χ0) is 23.1. The highest BCUT2D eigenvalue weighted by Crippen LogP contribution is 2.33. The fourth-order valence-corrected chi connectivity index (χ4v) is 3.08. The second-order valence-electron chi connectivity index (χ2n) is 6.54. The van der Waals surface area contributed by atoms with Crippen LogP contribution >= 0.6 is 11.6 Å². The molecule has 0 N–H and O–H groups in total. The normalized spacial score (nSPS) is 10.6. The predicted molar refractivity (Wildman–Crippen MR) is 122 cm³/mol. The van der Waals surface area contributed by atoms with Crippen LogP contribution in [0.3, 0.4) is 0 Å². The number of hydrogen-bond acceptors (Lipinski definition) is 6. The molecule has 7 heteroatoms. The molecule has 0 saturated heterocycles. The van der Waals surface area contributed by atoms with Crippen LogP contribution in [-0.2, 0) is 0 Å². The van der Waals surface area contributed by atoms with Crippen molar-refractivity contribution in [2.45, 2.75) is 0 Å². The number of methoxy groups -OCH3 is 3. The summed E-state index contributed by atoms with van der Waals surface area (Å²) in [6.45, 7) is 0. The van der Waals surface area contributed by atoms with E-state index in [4.69, 9.17) is 30.5 Å². The summed E-state index contributed by atoms with van der Waals surface area (Å²) >= 11 is 5.85. The Labute approximate surface area is 190 Å². The number of ketones is 1. The monoisotopic (exact) mass is 452 g/mol. The van der Waals surface area contributed by atoms with E-state index in [0.29, 0.717) is 33.4 Å². The van der Waals surface area contributed by atoms with Crippen molar-refractivity contribution in [3.8, 4) is 23.0 Å². The first kappa shape index (κ1) is 22.9. The maximum atomic E-state index is 12.8. The molecule has 3 rings (SSSR count). The van der Waals surface area contributed by atoms with Crippen molar-refractivity contribution in [2.24, 2.45) is 0 Å². The van der Waals surface area contributed by atoms with Gasteiger partial charge in [-0.1, -0.05) is 29.8 Å². The summed E-state index contributed by atoms with van der Waals surface area (Å²) < 4.78 is 21.4. The Hall–Kier alpha value is -3.77. The number of benzene rings is 3. The van der Waals surface area contributed by atoms with Crippen molar-refractivity contribution in [1.82, 2.24) is 0 Å². The lowest BCUT2D eigenvalue weighted by Crippen LogP contribution is -2.12. The predicted octanol–water partition coefficient (Wildman–Crippen LogP) is 5.48. The minimum absolute atomic E-state index is 0.164. The number of rotatable bonds is 8. The molecule has 32 heavy (non-hydrogen) atoms. The van der Waals surface area contributed by atoms with Gasteiger partial charge in [-0.05, 0) is 60.2 Å². The maximum absolute atomic E-state index is 12.8. The van der Waals surface area contributed by atoms with Gasteiger partial charge in [-0.15, -0.1) is 0 Å². The van der Waals surface area contributed by atoms with Crippen LogP contribution in [0.5, 0.6) is 23.0 Å². The lowest BCUT2D eigenvalue weighted by molar-refractivity contribution is 0.0722. The Bertz CT molecular complexity index is 1130. The van der Waals surface area contributed by atoms with Crippen LogP contribution in [0.1, 0.15) is 26.3 Å². The highest BCUT2D eigenvalue weighted by molar-refractivity contribution is 6.30. The van der Waals surface area contributed by atoms with Crippen molar-refractivity contribution in [2.75, 3.05) is 21.3 Å². The first-order valence-corrected chi connectivity index (χ1v) is 9.93. The summed E-state index contributed by atoms with van der Waals surface area (Å²) in [5, 5.41) is 0.561. The van der Waals surface area contributed by atoms with Gasteiger partial charge in [-0.25, -0.2) is 4.79 Å². The fraction of sp³-hybridized carbons (Fsp3) is 0.120. The molecule has 0 bridgehead atoms. The third kappa shape index (κ3) is 5.28. The standard InChI is InChI=1S/C25H21ClO6/c1-29-21-5-4-6-22(30-2)24(21)25(28)32-20-14-8-16(15-23(20)31-3)7-13-19(27)17-9-11-18(26)12-10-17/h4-15H,1-3H3/b13-7+. The van der Waals surface area contributed by atoms with E-state index in [2.05, 4.69) is 0 Å². The Kier molecular flexibility index (Phi) is 7.52. The molecule has 0 aliphatic rings. The summed E-state index contributed by atoms with van der Waals surface area (Å²) in [6.07, 6.45) is 3.09. The Morgan fingerprint density at radius 3 is 2.00 bits per heavy atom. The third-order valence-corrected chi connectivity index (χ3v) is 4.83. The van der Waals surface area contributed by atoms with E-state index in [1.54, 1.807) is 66.7 Å². The van der Waals surface area contributed by atoms with E-state index in [9.17, 15) is 9.59 Å². The van der Waals surface area contributed by atoms with Crippen molar-refractivity contribution in [1.29, 1.82) is 0 Å². The number of esters is 1. The van der Waals surface area contributed by atoms with Gasteiger partial charge in [0.2, 0.25) is 0 Å². The summed E-state index contributed by atoms with van der Waals surface area (Å²) in [6, 6.07) is 16.6. The van der Waals surface area contributed by atoms with Gasteiger partial charge in [-0.2, -0.15) is 0 Å². The molecule has 0 aliphatic carbocycles. The molecule has 0 saturated carbocycles. The molecule has 0 unspecified atom stereocenters. The van der Waals surface area contributed by atoms with E-state index in [0.717, 1.165) is 0 Å². The van der Waals surface area contributed by atoms with Crippen LogP contribution in [0.25, 0.3) is 6.08 Å². The highest BCUT2D eigenvalue weighted by atomic mass is 35.5. The average Bonchev–Trinajstić information content (AvgIpc) is 2.82. The Balaban J connectivity index is 1.81. The molecular weight excluding hydrogens is 432 g/mol. The lowest BCUT2D eigenvalue weighted by atomic mass is 10.1. The van der Waals surface area contributed by atoms with Crippen LogP contribution in [0.4, 0.5) is 0 Å². The zero-order valence-electron chi connectivity index (χ0n) is 17.8. The number of ether oxygens (including phenoxy) is 4. The molecule has 3 aromatic rings. The van der Waals surface area contributed by atoms with Gasteiger partial charge in [-0.3, -0.25) is 4.79 Å². The molecule has 0 aliphatic heterocycles. The van der Waals surface area contributed by atoms with Crippen molar-refractivity contribution in [3.63, 3.8) is 0 Å². The molecule has 0 heterocycles. The minimum atomic E-state index is -0.654. The second kappa shape index (κ2) is 10.5. The summed E-state index contributed by atoms with van der Waals surface area (Å²) in [7, 11) is 4.37. The summed E-state index contributed by atoms with van der Waals surface area (Å²) in [5.41, 5.74) is 1.38. The number of hydrogen-bond donors (Lipinski definition) is 0. The average molecular weight is 453 g/mol. The van der Waals surface area contributed by atoms with Gasteiger partial charge in [0.1, 0.15) is 17.1 Å². The molecule has 0 radical (unpaired) electrons. The van der Waals surface area contributed by atoms with Crippen LogP contribution in [0.15, 0.2) is 66.7 Å².